The molecule has 0 unspecified atom stereocenters. The third-order valence-electron chi connectivity index (χ3n) is 3.33. The molecule has 0 saturated heterocycles. The van der Waals surface area contributed by atoms with E-state index < -0.39 is 8.07 Å². The van der Waals surface area contributed by atoms with E-state index in [0.29, 0.717) is 5.89 Å². The van der Waals surface area contributed by atoms with Crippen LogP contribution in [0.25, 0.3) is 12.2 Å². The van der Waals surface area contributed by atoms with E-state index in [4.69, 9.17) is 4.42 Å². The fraction of sp³-hybridized carbons (Fsp3) is 0.235. The lowest BCUT2D eigenvalue weighted by Gasteiger charge is -2.09. The first-order chi connectivity index (χ1) is 11.4. The van der Waals surface area contributed by atoms with Crippen molar-refractivity contribution in [1.29, 1.82) is 0 Å². The zero-order valence-electron chi connectivity index (χ0n) is 14.2. The molecule has 0 bridgehead atoms. The van der Waals surface area contributed by atoms with Crippen LogP contribution in [0.5, 0.6) is 0 Å². The Morgan fingerprint density at radius 1 is 1.12 bits per heavy atom. The van der Waals surface area contributed by atoms with Gasteiger partial charge < -0.3 is 9.73 Å². The lowest BCUT2D eigenvalue weighted by molar-refractivity contribution is 0.574. The summed E-state index contributed by atoms with van der Waals surface area (Å²) in [6.45, 7) is 8.75. The maximum absolute atomic E-state index is 5.81. The van der Waals surface area contributed by atoms with E-state index in [-0.39, 0.29) is 0 Å². The van der Waals surface area contributed by atoms with Crippen LogP contribution in [0.1, 0.15) is 16.3 Å². The molecule has 3 aromatic heterocycles. The second-order valence-electron chi connectivity index (χ2n) is 6.56. The number of nitrogens with one attached hydrogen (secondary N) is 1. The van der Waals surface area contributed by atoms with Gasteiger partial charge in [0.05, 0.1) is 6.20 Å². The van der Waals surface area contributed by atoms with E-state index in [1.807, 2.05) is 43.6 Å². The molecule has 24 heavy (non-hydrogen) atoms. The molecule has 0 amide bonds. The summed E-state index contributed by atoms with van der Waals surface area (Å²) in [7, 11) is -1.45. The maximum Gasteiger partial charge on any atom is 0.218 e. The number of pyridine rings is 1. The highest BCUT2D eigenvalue weighted by molar-refractivity contribution is 7.16. The minimum Gasteiger partial charge on any atom is -0.447 e. The molecule has 7 heteroatoms. The van der Waals surface area contributed by atoms with Crippen molar-refractivity contribution in [3.8, 4) is 0 Å². The van der Waals surface area contributed by atoms with Crippen molar-refractivity contribution in [1.82, 2.24) is 15.0 Å². The minimum absolute atomic E-state index is 0.635. The number of rotatable bonds is 5. The van der Waals surface area contributed by atoms with Gasteiger partial charge in [-0.15, -0.1) is 0 Å². The molecule has 0 fully saturated rings. The van der Waals surface area contributed by atoms with E-state index in [0.717, 1.165) is 26.8 Å². The second-order valence-corrected chi connectivity index (χ2v) is 12.6. The Balaban J connectivity index is 1.68. The fourth-order valence-corrected chi connectivity index (χ4v) is 3.59. The van der Waals surface area contributed by atoms with Crippen LogP contribution in [-0.4, -0.2) is 23.0 Å². The average Bonchev–Trinajstić information content (AvgIpc) is 3.13. The molecule has 124 valence electrons. The van der Waals surface area contributed by atoms with E-state index in [2.05, 4.69) is 39.9 Å². The summed E-state index contributed by atoms with van der Waals surface area (Å²) < 4.78 is 5.81. The first kappa shape index (κ1) is 16.6. The molecular formula is C17H20N4OSSi. The van der Waals surface area contributed by atoms with Gasteiger partial charge in [-0.1, -0.05) is 31.0 Å². The molecule has 0 radical (unpaired) electrons. The number of thiazole rings is 1. The topological polar surface area (TPSA) is 63.8 Å². The Morgan fingerprint density at radius 2 is 1.96 bits per heavy atom. The summed E-state index contributed by atoms with van der Waals surface area (Å²) in [5, 5.41) is 5.04. The van der Waals surface area contributed by atoms with E-state index in [1.54, 1.807) is 17.5 Å². The Morgan fingerprint density at radius 3 is 2.67 bits per heavy atom. The standard InChI is InChI=1S/C17H20N4OSSi/c1-12-7-8-18-14(9-12)21-17-20-10-13(23-17)5-6-15-19-11-16(22-15)24(2,3)4/h5-11H,1-4H3,(H,18,20,21)/b6-5+. The van der Waals surface area contributed by atoms with Crippen molar-refractivity contribution in [2.45, 2.75) is 26.6 Å². The highest BCUT2D eigenvalue weighted by Gasteiger charge is 2.21. The molecule has 0 aliphatic heterocycles. The van der Waals surface area contributed by atoms with Crippen LogP contribution in [0.2, 0.25) is 19.6 Å². The van der Waals surface area contributed by atoms with Gasteiger partial charge in [-0.3, -0.25) is 0 Å². The van der Waals surface area contributed by atoms with E-state index >= 15 is 0 Å². The fourth-order valence-electron chi connectivity index (χ4n) is 2.00. The van der Waals surface area contributed by atoms with Crippen LogP contribution in [0.4, 0.5) is 10.9 Å². The molecular weight excluding hydrogens is 336 g/mol. The van der Waals surface area contributed by atoms with Crippen molar-refractivity contribution in [3.05, 3.63) is 47.1 Å². The van der Waals surface area contributed by atoms with Gasteiger partial charge in [0.25, 0.3) is 0 Å². The molecule has 1 N–H and O–H groups in total. The molecule has 3 rings (SSSR count). The third-order valence-corrected chi connectivity index (χ3v) is 5.91. The van der Waals surface area contributed by atoms with Gasteiger partial charge >= 0.3 is 0 Å². The van der Waals surface area contributed by atoms with Gasteiger partial charge in [-0.25, -0.2) is 15.0 Å². The van der Waals surface area contributed by atoms with Crippen molar-refractivity contribution in [2.24, 2.45) is 0 Å². The normalized spacial score (nSPS) is 12.0. The quantitative estimate of drug-likeness (QED) is 0.691. The van der Waals surface area contributed by atoms with Crippen LogP contribution < -0.4 is 10.7 Å². The molecule has 3 aromatic rings. The molecule has 0 aliphatic rings. The number of aromatic nitrogens is 3. The Kier molecular flexibility index (Phi) is 4.63. The van der Waals surface area contributed by atoms with Gasteiger partial charge in [0.2, 0.25) is 5.89 Å². The van der Waals surface area contributed by atoms with Crippen LogP contribution in [0, 0.1) is 6.92 Å². The molecule has 0 aromatic carbocycles. The van der Waals surface area contributed by atoms with Gasteiger partial charge in [0.1, 0.15) is 19.3 Å². The predicted molar refractivity (Wildman–Crippen MR) is 103 cm³/mol. The van der Waals surface area contributed by atoms with Gasteiger partial charge in [0.15, 0.2) is 5.13 Å². The molecule has 0 atom stereocenters. The first-order valence-electron chi connectivity index (χ1n) is 7.70. The van der Waals surface area contributed by atoms with Crippen LogP contribution in [0.3, 0.4) is 0 Å². The molecule has 3 heterocycles. The summed E-state index contributed by atoms with van der Waals surface area (Å²) in [4.78, 5) is 14.0. The largest absolute Gasteiger partial charge is 0.447 e. The van der Waals surface area contributed by atoms with Crippen LogP contribution in [-0.2, 0) is 0 Å². The third kappa shape index (κ3) is 4.18. The zero-order valence-corrected chi connectivity index (χ0v) is 16.0. The monoisotopic (exact) mass is 356 g/mol. The average molecular weight is 357 g/mol. The van der Waals surface area contributed by atoms with Gasteiger partial charge in [-0.2, -0.15) is 0 Å². The van der Waals surface area contributed by atoms with E-state index in [1.165, 1.54) is 0 Å². The molecule has 0 aliphatic carbocycles. The summed E-state index contributed by atoms with van der Waals surface area (Å²) in [6, 6.07) is 3.95. The number of hydrogen-bond donors (Lipinski definition) is 1. The molecule has 0 spiro atoms. The van der Waals surface area contributed by atoms with Crippen molar-refractivity contribution >= 4 is 47.9 Å². The summed E-state index contributed by atoms with van der Waals surface area (Å²) >= 11 is 1.56. The predicted octanol–water partition coefficient (Wildman–Crippen LogP) is 4.29. The second kappa shape index (κ2) is 6.70. The molecule has 0 saturated carbocycles. The summed E-state index contributed by atoms with van der Waals surface area (Å²) in [5.41, 5.74) is 1.16. The van der Waals surface area contributed by atoms with Gasteiger partial charge in [-0.05, 0) is 30.7 Å². The summed E-state index contributed by atoms with van der Waals surface area (Å²) in [5.74, 6) is 1.43. The number of aryl methyl sites for hydroxylation is 1. The van der Waals surface area contributed by atoms with Crippen LogP contribution in [0.15, 0.2) is 35.1 Å². The first-order valence-corrected chi connectivity index (χ1v) is 12.0. The van der Waals surface area contributed by atoms with Crippen molar-refractivity contribution < 1.29 is 4.42 Å². The zero-order chi connectivity index (χ0) is 17.2. The van der Waals surface area contributed by atoms with Crippen molar-refractivity contribution in [3.63, 3.8) is 0 Å². The lowest BCUT2D eigenvalue weighted by Crippen LogP contribution is -2.36. The number of oxazole rings is 1. The number of nitrogens with zero attached hydrogens (tertiary/aromatic N) is 3. The number of hydrogen-bond acceptors (Lipinski definition) is 6. The molecule has 5 nitrogen and oxygen atoms in total. The minimum atomic E-state index is -1.45. The number of anilines is 2. The summed E-state index contributed by atoms with van der Waals surface area (Å²) in [6.07, 6.45) is 9.29. The van der Waals surface area contributed by atoms with Crippen molar-refractivity contribution in [2.75, 3.05) is 5.32 Å². The Hall–Kier alpha value is -2.25. The smallest absolute Gasteiger partial charge is 0.218 e. The highest BCUT2D eigenvalue weighted by Crippen LogP contribution is 2.23. The SMILES string of the molecule is Cc1ccnc(Nc2ncc(/C=C/c3ncc([Si](C)(C)C)o3)s2)c1. The Bertz CT molecular complexity index is 863. The maximum atomic E-state index is 5.81. The highest BCUT2D eigenvalue weighted by atomic mass is 32.1. The lowest BCUT2D eigenvalue weighted by atomic mass is 10.3. The Labute approximate surface area is 146 Å². The van der Waals surface area contributed by atoms with Gasteiger partial charge in [0, 0.05) is 23.3 Å². The van der Waals surface area contributed by atoms with Crippen LogP contribution >= 0.6 is 11.3 Å². The van der Waals surface area contributed by atoms with E-state index in [9.17, 15) is 0 Å².